The monoisotopic (exact) mass is 350 g/mol. The number of nitrogens with one attached hydrogen (secondary N) is 2. The summed E-state index contributed by atoms with van der Waals surface area (Å²) in [6.45, 7) is 8.12. The van der Waals surface area contributed by atoms with Crippen LogP contribution in [0.4, 0.5) is 0 Å². The summed E-state index contributed by atoms with van der Waals surface area (Å²) in [7, 11) is 1.42. The van der Waals surface area contributed by atoms with Crippen molar-refractivity contribution in [1.29, 1.82) is 0 Å². The third-order valence-corrected chi connectivity index (χ3v) is 4.92. The molecule has 0 bridgehead atoms. The zero-order chi connectivity index (χ0) is 17.4. The summed E-state index contributed by atoms with van der Waals surface area (Å²) in [6, 6.07) is 8.61. The van der Waals surface area contributed by atoms with Crippen LogP contribution in [-0.2, 0) is 16.1 Å². The summed E-state index contributed by atoms with van der Waals surface area (Å²) in [5.74, 6) is -0.170. The number of quaternary nitrogens is 1. The van der Waals surface area contributed by atoms with E-state index in [1.807, 2.05) is 0 Å². The lowest BCUT2D eigenvalue weighted by Gasteiger charge is -2.34. The van der Waals surface area contributed by atoms with Crippen molar-refractivity contribution in [2.75, 3.05) is 39.8 Å². The predicted molar refractivity (Wildman–Crippen MR) is 99.0 cm³/mol. The molecule has 1 aliphatic heterocycles. The van der Waals surface area contributed by atoms with E-state index in [2.05, 4.69) is 46.1 Å². The molecule has 2 N–H and O–H groups in total. The molecule has 1 fully saturated rings. The van der Waals surface area contributed by atoms with Crippen molar-refractivity contribution in [3.63, 3.8) is 0 Å². The Hall–Kier alpha value is -1.66. The smallest absolute Gasteiger partial charge is 0.305 e. The lowest BCUT2D eigenvalue weighted by atomic mass is 10.1. The number of carbonyl (C=O) groups is 1. The Morgan fingerprint density at radius 2 is 2.04 bits per heavy atom. The fraction of sp³-hybridized carbons (Fsp3) is 0.556. The van der Waals surface area contributed by atoms with Crippen LogP contribution in [0.2, 0.25) is 0 Å². The highest BCUT2D eigenvalue weighted by Gasteiger charge is 2.22. The molecule has 0 aromatic heterocycles. The van der Waals surface area contributed by atoms with E-state index in [4.69, 9.17) is 12.2 Å². The van der Waals surface area contributed by atoms with Crippen LogP contribution in [0.1, 0.15) is 24.0 Å². The molecule has 1 aromatic carbocycles. The Labute approximate surface area is 150 Å². The first kappa shape index (κ1) is 18.7. The van der Waals surface area contributed by atoms with E-state index in [0.717, 1.165) is 44.3 Å². The number of aryl methyl sites for hydroxylation is 1. The summed E-state index contributed by atoms with van der Waals surface area (Å²) in [4.78, 5) is 14.9. The molecule has 1 aromatic rings. The standard InChI is InChI=1S/C18H27N3O2S/c1-15-6-3-4-7-16(15)14-20-10-12-21(13-11-20)18(24)19-9-5-8-17(22)23-2/h3-4,6-7H,5,8-14H2,1-2H3,(H,19,24)/p+1. The van der Waals surface area contributed by atoms with Crippen molar-refractivity contribution in [3.8, 4) is 0 Å². The van der Waals surface area contributed by atoms with Gasteiger partial charge in [-0.25, -0.2) is 0 Å². The van der Waals surface area contributed by atoms with Crippen molar-refractivity contribution in [1.82, 2.24) is 10.2 Å². The number of piperazine rings is 1. The van der Waals surface area contributed by atoms with E-state index in [1.165, 1.54) is 18.2 Å². The molecule has 0 spiro atoms. The van der Waals surface area contributed by atoms with E-state index in [1.54, 1.807) is 4.90 Å². The first-order valence-corrected chi connectivity index (χ1v) is 8.98. The number of esters is 1. The quantitative estimate of drug-likeness (QED) is 0.445. The molecule has 1 saturated heterocycles. The van der Waals surface area contributed by atoms with E-state index >= 15 is 0 Å². The van der Waals surface area contributed by atoms with Crippen molar-refractivity contribution in [3.05, 3.63) is 35.4 Å². The van der Waals surface area contributed by atoms with Gasteiger partial charge in [-0.15, -0.1) is 0 Å². The van der Waals surface area contributed by atoms with E-state index in [0.29, 0.717) is 13.0 Å². The topological polar surface area (TPSA) is 46.0 Å². The molecule has 0 atom stereocenters. The Morgan fingerprint density at radius 3 is 2.71 bits per heavy atom. The highest BCUT2D eigenvalue weighted by molar-refractivity contribution is 7.80. The fourth-order valence-electron chi connectivity index (χ4n) is 2.92. The third-order valence-electron chi connectivity index (χ3n) is 4.52. The zero-order valence-corrected chi connectivity index (χ0v) is 15.5. The second-order valence-corrected chi connectivity index (χ2v) is 6.64. The summed E-state index contributed by atoms with van der Waals surface area (Å²) in [5, 5.41) is 4.05. The van der Waals surface area contributed by atoms with Crippen LogP contribution in [0.3, 0.4) is 0 Å². The maximum Gasteiger partial charge on any atom is 0.305 e. The van der Waals surface area contributed by atoms with Crippen LogP contribution in [0.15, 0.2) is 24.3 Å². The normalized spacial score (nSPS) is 15.2. The van der Waals surface area contributed by atoms with Crippen LogP contribution in [0, 0.1) is 6.92 Å². The van der Waals surface area contributed by atoms with E-state index in [9.17, 15) is 4.79 Å². The van der Waals surface area contributed by atoms with Crippen LogP contribution < -0.4 is 10.2 Å². The van der Waals surface area contributed by atoms with Crippen LogP contribution in [0.5, 0.6) is 0 Å². The minimum Gasteiger partial charge on any atom is -0.469 e. The van der Waals surface area contributed by atoms with Gasteiger partial charge in [0.05, 0.1) is 33.3 Å². The molecule has 0 unspecified atom stereocenters. The first-order valence-electron chi connectivity index (χ1n) is 8.58. The van der Waals surface area contributed by atoms with Crippen molar-refractivity contribution in [2.45, 2.75) is 26.3 Å². The Bertz CT molecular complexity index is 557. The van der Waals surface area contributed by atoms with Gasteiger partial charge in [-0.3, -0.25) is 4.79 Å². The highest BCUT2D eigenvalue weighted by atomic mass is 32.1. The summed E-state index contributed by atoms with van der Waals surface area (Å²) < 4.78 is 4.63. The molecule has 0 aliphatic carbocycles. The van der Waals surface area contributed by atoms with Gasteiger partial charge in [-0.2, -0.15) is 0 Å². The number of methoxy groups -OCH3 is 1. The van der Waals surface area contributed by atoms with Gasteiger partial charge in [0, 0.05) is 18.5 Å². The van der Waals surface area contributed by atoms with Gasteiger partial charge in [0.15, 0.2) is 5.11 Å². The van der Waals surface area contributed by atoms with Crippen molar-refractivity contribution >= 4 is 23.3 Å². The number of carbonyl (C=O) groups excluding carboxylic acids is 1. The second kappa shape index (κ2) is 9.59. The van der Waals surface area contributed by atoms with Crippen LogP contribution in [0.25, 0.3) is 0 Å². The molecule has 1 heterocycles. The zero-order valence-electron chi connectivity index (χ0n) is 14.6. The van der Waals surface area contributed by atoms with Crippen molar-refractivity contribution < 1.29 is 14.4 Å². The summed E-state index contributed by atoms with van der Waals surface area (Å²) in [6.07, 6.45) is 1.17. The summed E-state index contributed by atoms with van der Waals surface area (Å²) >= 11 is 5.46. The maximum absolute atomic E-state index is 11.1. The van der Waals surface area contributed by atoms with Gasteiger partial charge in [-0.1, -0.05) is 24.3 Å². The molecule has 132 valence electrons. The molecule has 6 heteroatoms. The number of benzene rings is 1. The predicted octanol–water partition coefficient (Wildman–Crippen LogP) is 0.523. The van der Waals surface area contributed by atoms with E-state index < -0.39 is 0 Å². The highest BCUT2D eigenvalue weighted by Crippen LogP contribution is 2.05. The Morgan fingerprint density at radius 1 is 1.33 bits per heavy atom. The average molecular weight is 351 g/mol. The molecular weight excluding hydrogens is 322 g/mol. The second-order valence-electron chi connectivity index (χ2n) is 6.25. The molecule has 1 aliphatic rings. The molecule has 0 amide bonds. The lowest BCUT2D eigenvalue weighted by molar-refractivity contribution is -0.917. The van der Waals surface area contributed by atoms with Gasteiger partial charge in [0.1, 0.15) is 6.54 Å². The number of hydrogen-bond donors (Lipinski definition) is 2. The lowest BCUT2D eigenvalue weighted by Crippen LogP contribution is -3.13. The average Bonchev–Trinajstić information content (AvgIpc) is 2.61. The number of hydrogen-bond acceptors (Lipinski definition) is 3. The SMILES string of the molecule is COC(=O)CCCNC(=S)N1CC[NH+](Cc2ccccc2C)CC1. The maximum atomic E-state index is 11.1. The Balaban J connectivity index is 1.67. The molecular formula is C18H28N3O2S+. The Kier molecular flexibility index (Phi) is 7.46. The molecule has 2 rings (SSSR count). The first-order chi connectivity index (χ1) is 11.6. The minimum atomic E-state index is -0.170. The molecule has 0 radical (unpaired) electrons. The molecule has 24 heavy (non-hydrogen) atoms. The largest absolute Gasteiger partial charge is 0.469 e. The van der Waals surface area contributed by atoms with Gasteiger partial charge >= 0.3 is 5.97 Å². The van der Waals surface area contributed by atoms with Gasteiger partial charge in [0.2, 0.25) is 0 Å². The summed E-state index contributed by atoms with van der Waals surface area (Å²) in [5.41, 5.74) is 2.81. The minimum absolute atomic E-state index is 0.170. The number of ether oxygens (including phenoxy) is 1. The fourth-order valence-corrected chi connectivity index (χ4v) is 3.21. The van der Waals surface area contributed by atoms with Gasteiger partial charge in [-0.05, 0) is 31.1 Å². The van der Waals surface area contributed by atoms with Crippen LogP contribution >= 0.6 is 12.2 Å². The third kappa shape index (κ3) is 5.76. The number of rotatable bonds is 6. The molecule has 5 nitrogen and oxygen atoms in total. The van der Waals surface area contributed by atoms with Gasteiger partial charge < -0.3 is 19.9 Å². The van der Waals surface area contributed by atoms with Gasteiger partial charge in [0.25, 0.3) is 0 Å². The number of thiocarbonyl (C=S) groups is 1. The van der Waals surface area contributed by atoms with Crippen molar-refractivity contribution in [2.24, 2.45) is 0 Å². The molecule has 0 saturated carbocycles. The van der Waals surface area contributed by atoms with Crippen LogP contribution in [-0.4, -0.2) is 55.8 Å². The number of nitrogens with zero attached hydrogens (tertiary/aromatic N) is 1. The van der Waals surface area contributed by atoms with E-state index in [-0.39, 0.29) is 5.97 Å².